The largest absolute Gasteiger partial charge is 0.495 e. The number of rotatable bonds is 5. The highest BCUT2D eigenvalue weighted by Gasteiger charge is 2.42. The predicted molar refractivity (Wildman–Crippen MR) is 94.7 cm³/mol. The van der Waals surface area contributed by atoms with Gasteiger partial charge >= 0.3 is 0 Å². The average Bonchev–Trinajstić information content (AvgIpc) is 2.85. The molecule has 0 radical (unpaired) electrons. The Bertz CT molecular complexity index is 496. The van der Waals surface area contributed by atoms with Crippen LogP contribution < -0.4 is 4.74 Å². The molecule has 0 heterocycles. The molecule has 0 N–H and O–H groups in total. The summed E-state index contributed by atoms with van der Waals surface area (Å²) in [6.07, 6.45) is 6.05. The predicted octanol–water partition coefficient (Wildman–Crippen LogP) is 7.00. The third-order valence-electron chi connectivity index (χ3n) is 4.47. The van der Waals surface area contributed by atoms with E-state index in [1.807, 2.05) is 12.1 Å². The van der Waals surface area contributed by atoms with Gasteiger partial charge in [-0.2, -0.15) is 0 Å². The first-order valence-electron chi connectivity index (χ1n) is 7.56. The van der Waals surface area contributed by atoms with Crippen molar-refractivity contribution in [1.29, 1.82) is 0 Å². The number of methoxy groups -OCH3 is 1. The van der Waals surface area contributed by atoms with Crippen LogP contribution in [0.3, 0.4) is 0 Å². The van der Waals surface area contributed by atoms with Gasteiger partial charge in [-0.15, -0.1) is 11.6 Å². The normalized spacial score (nSPS) is 19.0. The molecule has 1 fully saturated rings. The smallest absolute Gasteiger partial charge is 0.137 e. The number of halogens is 3. The molecule has 2 rings (SSSR count). The van der Waals surface area contributed by atoms with Crippen molar-refractivity contribution in [3.63, 3.8) is 0 Å². The minimum atomic E-state index is -0.0626. The Hall–Kier alpha value is 0.0800. The Labute approximate surface area is 146 Å². The van der Waals surface area contributed by atoms with Gasteiger partial charge in [-0.1, -0.05) is 38.3 Å². The molecule has 0 amide bonds. The van der Waals surface area contributed by atoms with Crippen molar-refractivity contribution in [2.75, 3.05) is 7.11 Å². The summed E-state index contributed by atoms with van der Waals surface area (Å²) < 4.78 is 6.44. The number of alkyl halides is 1. The van der Waals surface area contributed by atoms with E-state index in [0.717, 1.165) is 22.2 Å². The molecule has 1 unspecified atom stereocenters. The van der Waals surface area contributed by atoms with Crippen LogP contribution in [0.1, 0.15) is 56.9 Å². The molecular weight excluding hydrogens is 371 g/mol. The lowest BCUT2D eigenvalue weighted by atomic mass is 9.73. The van der Waals surface area contributed by atoms with E-state index < -0.39 is 0 Å². The molecule has 1 aromatic rings. The van der Waals surface area contributed by atoms with Crippen molar-refractivity contribution < 1.29 is 4.74 Å². The molecule has 1 aromatic carbocycles. The Morgan fingerprint density at radius 3 is 2.43 bits per heavy atom. The maximum absolute atomic E-state index is 6.98. The molecule has 0 aliphatic heterocycles. The van der Waals surface area contributed by atoms with Gasteiger partial charge in [-0.3, -0.25) is 0 Å². The van der Waals surface area contributed by atoms with E-state index in [9.17, 15) is 0 Å². The van der Waals surface area contributed by atoms with Gasteiger partial charge in [0.25, 0.3) is 0 Å². The number of hydrogen-bond donors (Lipinski definition) is 0. The molecule has 118 valence electrons. The minimum Gasteiger partial charge on any atom is -0.495 e. The standard InChI is InChI=1S/C17H23BrCl2O/c1-11(2)10-17(6-4-5-7-17)16(20)13-8-12(19)9-14(18)15(13)21-3/h8-9,11,16H,4-7,10H2,1-3H3. The lowest BCUT2D eigenvalue weighted by molar-refractivity contribution is 0.220. The summed E-state index contributed by atoms with van der Waals surface area (Å²) in [5.41, 5.74) is 1.17. The topological polar surface area (TPSA) is 9.23 Å². The zero-order chi connectivity index (χ0) is 15.6. The molecule has 1 atom stereocenters. The molecule has 0 aromatic heterocycles. The summed E-state index contributed by atoms with van der Waals surface area (Å²) >= 11 is 16.8. The van der Waals surface area contributed by atoms with Crippen LogP contribution >= 0.6 is 39.1 Å². The van der Waals surface area contributed by atoms with Crippen LogP contribution in [0.2, 0.25) is 5.02 Å². The molecule has 0 bridgehead atoms. The van der Waals surface area contributed by atoms with Crippen molar-refractivity contribution in [3.05, 3.63) is 27.2 Å². The number of benzene rings is 1. The Balaban J connectivity index is 2.44. The maximum Gasteiger partial charge on any atom is 0.137 e. The summed E-state index contributed by atoms with van der Waals surface area (Å²) in [7, 11) is 1.69. The van der Waals surface area contributed by atoms with Gasteiger partial charge in [0.05, 0.1) is 17.0 Å². The van der Waals surface area contributed by atoms with E-state index in [1.54, 1.807) is 7.11 Å². The monoisotopic (exact) mass is 392 g/mol. The molecule has 1 aliphatic rings. The summed E-state index contributed by atoms with van der Waals surface area (Å²) in [5, 5.41) is 0.633. The molecule has 4 heteroatoms. The average molecular weight is 394 g/mol. The quantitative estimate of drug-likeness (QED) is 0.489. The summed E-state index contributed by atoms with van der Waals surface area (Å²) in [4.78, 5) is 0. The third-order valence-corrected chi connectivity index (χ3v) is 5.97. The highest BCUT2D eigenvalue weighted by molar-refractivity contribution is 9.10. The SMILES string of the molecule is COc1c(Br)cc(Cl)cc1C(Cl)C1(CC(C)C)CCCC1. The molecule has 1 saturated carbocycles. The van der Waals surface area contributed by atoms with Crippen molar-refractivity contribution in [2.45, 2.75) is 51.3 Å². The van der Waals surface area contributed by atoms with Crippen LogP contribution in [-0.4, -0.2) is 7.11 Å². The first-order chi connectivity index (χ1) is 9.89. The van der Waals surface area contributed by atoms with E-state index in [4.69, 9.17) is 27.9 Å². The summed E-state index contributed by atoms with van der Waals surface area (Å²) in [6.45, 7) is 4.55. The molecule has 0 spiro atoms. The maximum atomic E-state index is 6.98. The van der Waals surface area contributed by atoms with E-state index >= 15 is 0 Å². The van der Waals surface area contributed by atoms with Crippen molar-refractivity contribution >= 4 is 39.1 Å². The lowest BCUT2D eigenvalue weighted by Crippen LogP contribution is -2.25. The van der Waals surface area contributed by atoms with Crippen molar-refractivity contribution in [3.8, 4) is 5.75 Å². The number of ether oxygens (including phenoxy) is 1. The van der Waals surface area contributed by atoms with E-state index in [0.29, 0.717) is 10.9 Å². The van der Waals surface area contributed by atoms with Crippen LogP contribution in [0.15, 0.2) is 16.6 Å². The van der Waals surface area contributed by atoms with Gasteiger partial charge < -0.3 is 4.74 Å². The van der Waals surface area contributed by atoms with Crippen LogP contribution in [0.5, 0.6) is 5.75 Å². The minimum absolute atomic E-state index is 0.0626. The van der Waals surface area contributed by atoms with Gasteiger partial charge in [-0.05, 0) is 58.7 Å². The summed E-state index contributed by atoms with van der Waals surface area (Å²) in [6, 6.07) is 3.82. The highest BCUT2D eigenvalue weighted by atomic mass is 79.9. The highest BCUT2D eigenvalue weighted by Crippen LogP contribution is 2.56. The van der Waals surface area contributed by atoms with Crippen LogP contribution in [0, 0.1) is 11.3 Å². The molecule has 21 heavy (non-hydrogen) atoms. The van der Waals surface area contributed by atoms with Gasteiger partial charge in [0.1, 0.15) is 5.75 Å². The first-order valence-corrected chi connectivity index (χ1v) is 9.17. The van der Waals surface area contributed by atoms with E-state index in [2.05, 4.69) is 29.8 Å². The molecule has 0 saturated heterocycles. The third kappa shape index (κ3) is 3.71. The Morgan fingerprint density at radius 1 is 1.29 bits per heavy atom. The van der Waals surface area contributed by atoms with E-state index in [1.165, 1.54) is 25.7 Å². The lowest BCUT2D eigenvalue weighted by Gasteiger charge is -2.36. The Kier molecular flexibility index (Phi) is 5.90. The van der Waals surface area contributed by atoms with Gasteiger partial charge in [-0.25, -0.2) is 0 Å². The van der Waals surface area contributed by atoms with Gasteiger partial charge in [0.15, 0.2) is 0 Å². The zero-order valence-electron chi connectivity index (χ0n) is 12.9. The van der Waals surface area contributed by atoms with Crippen LogP contribution in [-0.2, 0) is 0 Å². The second-order valence-electron chi connectivity index (χ2n) is 6.54. The molecular formula is C17H23BrCl2O. The fraction of sp³-hybridized carbons (Fsp3) is 0.647. The first kappa shape index (κ1) is 17.4. The second kappa shape index (κ2) is 7.10. The molecule has 1 aliphatic carbocycles. The van der Waals surface area contributed by atoms with Crippen molar-refractivity contribution in [1.82, 2.24) is 0 Å². The second-order valence-corrected chi connectivity index (χ2v) is 8.27. The fourth-order valence-corrected chi connectivity index (χ4v) is 5.23. The molecule has 1 nitrogen and oxygen atoms in total. The summed E-state index contributed by atoms with van der Waals surface area (Å²) in [5.74, 6) is 1.45. The zero-order valence-corrected chi connectivity index (χ0v) is 16.0. The number of hydrogen-bond acceptors (Lipinski definition) is 1. The van der Waals surface area contributed by atoms with Crippen LogP contribution in [0.25, 0.3) is 0 Å². The van der Waals surface area contributed by atoms with E-state index in [-0.39, 0.29) is 10.8 Å². The van der Waals surface area contributed by atoms with Gasteiger partial charge in [0.2, 0.25) is 0 Å². The Morgan fingerprint density at radius 2 is 1.90 bits per heavy atom. The fourth-order valence-electron chi connectivity index (χ4n) is 3.77. The van der Waals surface area contributed by atoms with Crippen LogP contribution in [0.4, 0.5) is 0 Å². The van der Waals surface area contributed by atoms with Crippen molar-refractivity contribution in [2.24, 2.45) is 11.3 Å². The van der Waals surface area contributed by atoms with Gasteiger partial charge in [0, 0.05) is 10.6 Å².